The molecule has 2 aromatic rings. The van der Waals surface area contributed by atoms with Gasteiger partial charge in [0.05, 0.1) is 24.9 Å². The summed E-state index contributed by atoms with van der Waals surface area (Å²) in [5.41, 5.74) is 2.69. The highest BCUT2D eigenvalue weighted by molar-refractivity contribution is 6.33. The number of hydrogen-bond acceptors (Lipinski definition) is 7. The van der Waals surface area contributed by atoms with Gasteiger partial charge >= 0.3 is 0 Å². The first-order valence-electron chi connectivity index (χ1n) is 10.7. The minimum Gasteiger partial charge on any atom is -0.493 e. The summed E-state index contributed by atoms with van der Waals surface area (Å²) in [4.78, 5) is 27.5. The molecule has 8 nitrogen and oxygen atoms in total. The van der Waals surface area contributed by atoms with Crippen LogP contribution in [0.5, 0.6) is 11.5 Å². The molecule has 0 atom stereocenters. The van der Waals surface area contributed by atoms with Crippen LogP contribution in [0.1, 0.15) is 16.8 Å². The lowest BCUT2D eigenvalue weighted by molar-refractivity contribution is 0.278. The molecule has 0 spiro atoms. The van der Waals surface area contributed by atoms with Crippen LogP contribution in [0.15, 0.2) is 16.9 Å². The van der Waals surface area contributed by atoms with Crippen LogP contribution in [0, 0.1) is 0 Å². The number of aromatic nitrogens is 2. The fraction of sp³-hybridized carbons (Fsp3) is 0.545. The first kappa shape index (κ1) is 21.9. The van der Waals surface area contributed by atoms with Crippen LogP contribution in [0.25, 0.3) is 0 Å². The molecular formula is C22H30ClN5O3. The van der Waals surface area contributed by atoms with E-state index in [9.17, 15) is 4.79 Å². The molecule has 2 aliphatic heterocycles. The van der Waals surface area contributed by atoms with Crippen molar-refractivity contribution in [1.82, 2.24) is 19.8 Å². The SMILES string of the molecule is COc1ccc(CN2CCc3nc(N4CCN(C)CC4)[nH]c(=O)c3CC2)c(Cl)c1OC. The van der Waals surface area contributed by atoms with Crippen LogP contribution >= 0.6 is 11.6 Å². The van der Waals surface area contributed by atoms with Crippen molar-refractivity contribution >= 4 is 17.5 Å². The Labute approximate surface area is 187 Å². The molecule has 0 aliphatic carbocycles. The molecule has 1 aromatic heterocycles. The lowest BCUT2D eigenvalue weighted by atomic mass is 10.1. The molecule has 3 heterocycles. The maximum Gasteiger partial charge on any atom is 0.255 e. The van der Waals surface area contributed by atoms with Crippen molar-refractivity contribution in [2.24, 2.45) is 0 Å². The molecule has 0 unspecified atom stereocenters. The zero-order chi connectivity index (χ0) is 22.0. The van der Waals surface area contributed by atoms with Gasteiger partial charge in [-0.05, 0) is 25.1 Å². The molecule has 4 rings (SSSR count). The summed E-state index contributed by atoms with van der Waals surface area (Å²) >= 11 is 6.58. The monoisotopic (exact) mass is 447 g/mol. The van der Waals surface area contributed by atoms with Gasteiger partial charge in [0.1, 0.15) is 0 Å². The molecule has 1 N–H and O–H groups in total. The third-order valence-electron chi connectivity index (χ3n) is 6.19. The number of rotatable bonds is 5. The fourth-order valence-electron chi connectivity index (χ4n) is 4.26. The summed E-state index contributed by atoms with van der Waals surface area (Å²) in [5.74, 6) is 1.87. The van der Waals surface area contributed by atoms with Crippen LogP contribution in [0.4, 0.5) is 5.95 Å². The lowest BCUT2D eigenvalue weighted by Crippen LogP contribution is -2.45. The topological polar surface area (TPSA) is 73.9 Å². The number of nitrogens with one attached hydrogen (secondary N) is 1. The van der Waals surface area contributed by atoms with Gasteiger partial charge in [-0.15, -0.1) is 0 Å². The van der Waals surface area contributed by atoms with E-state index in [-0.39, 0.29) is 5.56 Å². The Morgan fingerprint density at radius 1 is 1.06 bits per heavy atom. The van der Waals surface area contributed by atoms with Crippen molar-refractivity contribution < 1.29 is 9.47 Å². The van der Waals surface area contributed by atoms with E-state index in [1.165, 1.54) is 0 Å². The van der Waals surface area contributed by atoms with E-state index in [1.807, 2.05) is 12.1 Å². The average Bonchev–Trinajstić information content (AvgIpc) is 2.98. The molecular weight excluding hydrogens is 418 g/mol. The van der Waals surface area contributed by atoms with Crippen LogP contribution in [0.3, 0.4) is 0 Å². The van der Waals surface area contributed by atoms with Crippen molar-refractivity contribution in [3.63, 3.8) is 0 Å². The average molecular weight is 448 g/mol. The van der Waals surface area contributed by atoms with Crippen molar-refractivity contribution in [3.05, 3.63) is 44.3 Å². The van der Waals surface area contributed by atoms with E-state index >= 15 is 0 Å². The van der Waals surface area contributed by atoms with Gasteiger partial charge in [-0.1, -0.05) is 17.7 Å². The zero-order valence-electron chi connectivity index (χ0n) is 18.4. The second kappa shape index (κ2) is 9.46. The molecule has 9 heteroatoms. The summed E-state index contributed by atoms with van der Waals surface area (Å²) in [6.07, 6.45) is 1.41. The minimum atomic E-state index is -0.00933. The fourth-order valence-corrected chi connectivity index (χ4v) is 4.55. The summed E-state index contributed by atoms with van der Waals surface area (Å²) in [5, 5.41) is 0.567. The van der Waals surface area contributed by atoms with Crippen LogP contribution in [0.2, 0.25) is 5.02 Å². The summed E-state index contributed by atoms with van der Waals surface area (Å²) in [7, 11) is 5.30. The van der Waals surface area contributed by atoms with Gasteiger partial charge < -0.3 is 19.3 Å². The van der Waals surface area contributed by atoms with Crippen LogP contribution < -0.4 is 19.9 Å². The summed E-state index contributed by atoms with van der Waals surface area (Å²) < 4.78 is 10.8. The van der Waals surface area contributed by atoms with Gasteiger partial charge in [-0.2, -0.15) is 0 Å². The minimum absolute atomic E-state index is 0.00933. The number of nitrogens with zero attached hydrogens (tertiary/aromatic N) is 4. The highest BCUT2D eigenvalue weighted by Crippen LogP contribution is 2.37. The standard InChI is InChI=1S/C22H30ClN5O3/c1-26-10-12-28(13-11-26)22-24-17-7-9-27(8-6-16(17)21(29)25-22)14-15-4-5-18(30-2)20(31-3)19(15)23/h4-5H,6-14H2,1-3H3,(H,24,25,29). The predicted octanol–water partition coefficient (Wildman–Crippen LogP) is 1.79. The molecule has 0 saturated carbocycles. The number of anilines is 1. The highest BCUT2D eigenvalue weighted by Gasteiger charge is 2.23. The maximum atomic E-state index is 12.8. The summed E-state index contributed by atoms with van der Waals surface area (Å²) in [6.45, 7) is 5.97. The van der Waals surface area contributed by atoms with E-state index in [4.69, 9.17) is 26.1 Å². The Balaban J connectivity index is 1.49. The molecule has 1 aromatic carbocycles. The van der Waals surface area contributed by atoms with Gasteiger partial charge in [0.2, 0.25) is 5.95 Å². The van der Waals surface area contributed by atoms with E-state index in [1.54, 1.807) is 14.2 Å². The molecule has 2 aliphatic rings. The first-order chi connectivity index (χ1) is 15.0. The number of aromatic amines is 1. The molecule has 1 saturated heterocycles. The lowest BCUT2D eigenvalue weighted by Gasteiger charge is -2.32. The number of halogens is 1. The normalized spacial score (nSPS) is 17.9. The van der Waals surface area contributed by atoms with Gasteiger partial charge in [-0.3, -0.25) is 14.7 Å². The van der Waals surface area contributed by atoms with Crippen LogP contribution in [-0.2, 0) is 19.4 Å². The Bertz CT molecular complexity index is 988. The van der Waals surface area contributed by atoms with E-state index in [0.29, 0.717) is 35.4 Å². The number of benzene rings is 1. The zero-order valence-corrected chi connectivity index (χ0v) is 19.2. The molecule has 0 bridgehead atoms. The number of ether oxygens (including phenoxy) is 2. The summed E-state index contributed by atoms with van der Waals surface area (Å²) in [6, 6.07) is 3.85. The number of methoxy groups -OCH3 is 2. The molecule has 168 valence electrons. The molecule has 0 radical (unpaired) electrons. The Hall–Kier alpha value is -2.29. The molecule has 31 heavy (non-hydrogen) atoms. The third-order valence-corrected chi connectivity index (χ3v) is 6.61. The van der Waals surface area contributed by atoms with E-state index < -0.39 is 0 Å². The Morgan fingerprint density at radius 2 is 1.81 bits per heavy atom. The third kappa shape index (κ3) is 4.66. The van der Waals surface area contributed by atoms with Crippen LogP contribution in [-0.4, -0.2) is 80.3 Å². The highest BCUT2D eigenvalue weighted by atomic mass is 35.5. The molecule has 0 amide bonds. The predicted molar refractivity (Wildman–Crippen MR) is 122 cm³/mol. The van der Waals surface area contributed by atoms with Gasteiger partial charge in [0.25, 0.3) is 5.56 Å². The molecule has 1 fully saturated rings. The van der Waals surface area contributed by atoms with Gasteiger partial charge in [0, 0.05) is 57.8 Å². The second-order valence-corrected chi connectivity index (χ2v) is 8.53. The quantitative estimate of drug-likeness (QED) is 0.749. The van der Waals surface area contributed by atoms with Crippen molar-refractivity contribution in [1.29, 1.82) is 0 Å². The van der Waals surface area contributed by atoms with Crippen molar-refractivity contribution in [2.45, 2.75) is 19.4 Å². The Kier molecular flexibility index (Phi) is 6.69. The van der Waals surface area contributed by atoms with E-state index in [2.05, 4.69) is 26.7 Å². The largest absolute Gasteiger partial charge is 0.493 e. The van der Waals surface area contributed by atoms with Gasteiger partial charge in [0.15, 0.2) is 11.5 Å². The van der Waals surface area contributed by atoms with Crippen molar-refractivity contribution in [3.8, 4) is 11.5 Å². The van der Waals surface area contributed by atoms with Gasteiger partial charge in [-0.25, -0.2) is 4.98 Å². The smallest absolute Gasteiger partial charge is 0.255 e. The number of piperazine rings is 1. The number of hydrogen-bond donors (Lipinski definition) is 1. The number of fused-ring (bicyclic) bond motifs is 1. The van der Waals surface area contributed by atoms with Crippen molar-refractivity contribution in [2.75, 3.05) is 65.4 Å². The first-order valence-corrected chi connectivity index (χ1v) is 11.0. The number of H-pyrrole nitrogens is 1. The second-order valence-electron chi connectivity index (χ2n) is 8.16. The van der Waals surface area contributed by atoms with E-state index in [0.717, 1.165) is 62.5 Å². The Morgan fingerprint density at radius 3 is 2.52 bits per heavy atom. The number of likely N-dealkylation sites (N-methyl/N-ethyl adjacent to an activating group) is 1. The maximum absolute atomic E-state index is 12.8.